The largest absolute Gasteiger partial charge is 0.493 e. The number of benzene rings is 3. The molecule has 0 spiro atoms. The van der Waals surface area contributed by atoms with E-state index in [1.165, 1.54) is 73.6 Å². The van der Waals surface area contributed by atoms with Crippen LogP contribution in [0.4, 0.5) is 0 Å². The first-order valence-electron chi connectivity index (χ1n) is 23.9. The quantitative estimate of drug-likeness (QED) is 0.0426. The lowest BCUT2D eigenvalue weighted by atomic mass is 9.77. The summed E-state index contributed by atoms with van der Waals surface area (Å²) in [4.78, 5) is 24.5. The molecule has 0 aliphatic heterocycles. The van der Waals surface area contributed by atoms with Crippen molar-refractivity contribution in [3.63, 3.8) is 0 Å². The van der Waals surface area contributed by atoms with Crippen molar-refractivity contribution < 1.29 is 34.0 Å². The fourth-order valence-electron chi connectivity index (χ4n) is 8.94. The average Bonchev–Trinajstić information content (AvgIpc) is 3.29. The lowest BCUT2D eigenvalue weighted by Gasteiger charge is -2.30. The predicted octanol–water partition coefficient (Wildman–Crippen LogP) is 12.9. The van der Waals surface area contributed by atoms with Gasteiger partial charge in [0.15, 0.2) is 0 Å². The molecule has 7 heteroatoms. The first-order valence-corrected chi connectivity index (χ1v) is 23.9. The topological polar surface area (TPSA) is 102 Å². The molecule has 3 aromatic rings. The van der Waals surface area contributed by atoms with Crippen LogP contribution in [0, 0.1) is 11.3 Å². The zero-order valence-corrected chi connectivity index (χ0v) is 39.0. The summed E-state index contributed by atoms with van der Waals surface area (Å²) in [5, 5.41) is 20.9. The number of esters is 2. The first kappa shape index (κ1) is 50.4. The molecule has 0 atom stereocenters. The highest BCUT2D eigenvalue weighted by molar-refractivity contribution is 5.87. The molecule has 340 valence electrons. The molecule has 2 N–H and O–H groups in total. The summed E-state index contributed by atoms with van der Waals surface area (Å²) in [5.41, 5.74) is 9.43. The molecule has 62 heavy (non-hydrogen) atoms. The highest BCUT2D eigenvalue weighted by Gasteiger charge is 2.29. The van der Waals surface area contributed by atoms with Gasteiger partial charge in [-0.2, -0.15) is 0 Å². The average molecular weight is 851 g/mol. The minimum atomic E-state index is -0.631. The lowest BCUT2D eigenvalue weighted by molar-refractivity contribution is -0.139. The number of aliphatic hydroxyl groups excluding tert-OH is 2. The number of hydrogen-bond donors (Lipinski definition) is 2. The van der Waals surface area contributed by atoms with Crippen molar-refractivity contribution in [2.24, 2.45) is 11.3 Å². The molecule has 4 rings (SSSR count). The molecule has 0 saturated heterocycles. The zero-order chi connectivity index (χ0) is 44.9. The Balaban J connectivity index is 1.65. The molecule has 1 aliphatic rings. The number of aryl methyl sites for hydroxylation is 3. The maximum Gasteiger partial charge on any atom is 0.333 e. The summed E-state index contributed by atoms with van der Waals surface area (Å²) in [6.45, 7) is 17.9. The van der Waals surface area contributed by atoms with Gasteiger partial charge in [-0.3, -0.25) is 0 Å². The van der Waals surface area contributed by atoms with Gasteiger partial charge in [0, 0.05) is 16.6 Å². The summed E-state index contributed by atoms with van der Waals surface area (Å²) in [6.07, 6.45) is 18.2. The van der Waals surface area contributed by atoms with E-state index in [0.717, 1.165) is 66.0 Å². The van der Waals surface area contributed by atoms with Crippen LogP contribution in [-0.2, 0) is 38.3 Å². The van der Waals surface area contributed by atoms with Crippen LogP contribution in [-0.4, -0.2) is 55.2 Å². The van der Waals surface area contributed by atoms with Crippen LogP contribution in [0.15, 0.2) is 78.9 Å². The number of rotatable bonds is 28. The molecular weight excluding hydrogens is 773 g/mol. The summed E-state index contributed by atoms with van der Waals surface area (Å²) in [5.74, 6) is 1.50. The molecule has 0 radical (unpaired) electrons. The Labute approximate surface area is 374 Å². The van der Waals surface area contributed by atoms with Gasteiger partial charge in [-0.15, -0.1) is 0 Å². The molecule has 3 aromatic carbocycles. The summed E-state index contributed by atoms with van der Waals surface area (Å²) < 4.78 is 17.7. The molecule has 0 bridgehead atoms. The minimum Gasteiger partial charge on any atom is -0.493 e. The summed E-state index contributed by atoms with van der Waals surface area (Å²) >= 11 is 0. The maximum atomic E-state index is 12.2. The van der Waals surface area contributed by atoms with E-state index < -0.39 is 17.4 Å². The number of ether oxygens (including phenoxy) is 3. The van der Waals surface area contributed by atoms with Crippen LogP contribution in [0.3, 0.4) is 0 Å². The van der Waals surface area contributed by atoms with Crippen molar-refractivity contribution in [2.45, 2.75) is 156 Å². The number of carbonyl (C=O) groups is 2. The van der Waals surface area contributed by atoms with Crippen molar-refractivity contribution in [3.8, 4) is 28.0 Å². The number of aliphatic hydroxyl groups is 2. The lowest BCUT2D eigenvalue weighted by Crippen LogP contribution is -2.32. The molecular formula is C55H78O7. The third-order valence-electron chi connectivity index (χ3n) is 13.0. The second-order valence-electron chi connectivity index (χ2n) is 18.1. The molecule has 0 heterocycles. The van der Waals surface area contributed by atoms with Gasteiger partial charge in [0.2, 0.25) is 0 Å². The van der Waals surface area contributed by atoms with Crippen LogP contribution >= 0.6 is 0 Å². The van der Waals surface area contributed by atoms with E-state index in [2.05, 4.69) is 88.5 Å². The number of hydrogen-bond acceptors (Lipinski definition) is 7. The number of carbonyl (C=O) groups excluding carboxylic acids is 2. The Morgan fingerprint density at radius 2 is 1.19 bits per heavy atom. The highest BCUT2D eigenvalue weighted by atomic mass is 16.5. The third kappa shape index (κ3) is 15.3. The fourth-order valence-corrected chi connectivity index (χ4v) is 8.94. The first-order chi connectivity index (χ1) is 30.0. The molecule has 7 nitrogen and oxygen atoms in total. The SMILES string of the molecule is C=C(C)C(=O)OCCCc1cc(-c2ccc(-c3ccc([C@H]4CC[C@H](CCCCC)CC4)cc3)cc2CC)cc(CCCOC(=O)C(=C)C)c1OCCC(CO)(CO)CCCCC. The second-order valence-corrected chi connectivity index (χ2v) is 18.1. The van der Waals surface area contributed by atoms with Crippen molar-refractivity contribution >= 4 is 11.9 Å². The van der Waals surface area contributed by atoms with E-state index in [0.29, 0.717) is 55.8 Å². The van der Waals surface area contributed by atoms with Crippen LogP contribution in [0.5, 0.6) is 5.75 Å². The van der Waals surface area contributed by atoms with E-state index in [1.54, 1.807) is 13.8 Å². The third-order valence-corrected chi connectivity index (χ3v) is 13.0. The maximum absolute atomic E-state index is 12.2. The molecule has 1 aliphatic carbocycles. The van der Waals surface area contributed by atoms with Crippen LogP contribution in [0.2, 0.25) is 0 Å². The van der Waals surface area contributed by atoms with Crippen molar-refractivity contribution in [2.75, 3.05) is 33.0 Å². The van der Waals surface area contributed by atoms with E-state index in [9.17, 15) is 19.8 Å². The Bertz CT molecular complexity index is 1810. The van der Waals surface area contributed by atoms with E-state index in [4.69, 9.17) is 14.2 Å². The molecule has 0 amide bonds. The van der Waals surface area contributed by atoms with Crippen molar-refractivity contribution in [3.05, 3.63) is 101 Å². The summed E-state index contributed by atoms with van der Waals surface area (Å²) in [6, 6.07) is 20.5. The Morgan fingerprint density at radius 1 is 0.645 bits per heavy atom. The standard InChI is InChI=1S/C55H78O7/c1-8-11-13-17-42-20-22-44(23-21-42)45-24-26-46(27-25-45)47-28-29-51(43(10-3)35-47)50-36-48(18-15-32-61-53(58)40(4)5)52(49(37-50)19-16-33-62-54(59)41(6)7)60-34-31-55(38-56,39-57)30-14-12-9-2/h24-29,35-37,42,44,56-57H,4,6,8-23,30-34,38-39H2,1-3,5,7H3/t42-,44-. The van der Waals surface area contributed by atoms with Gasteiger partial charge < -0.3 is 24.4 Å². The zero-order valence-electron chi connectivity index (χ0n) is 39.0. The Kier molecular flexibility index (Phi) is 21.5. The van der Waals surface area contributed by atoms with E-state index >= 15 is 0 Å². The second kappa shape index (κ2) is 26.4. The van der Waals surface area contributed by atoms with Crippen molar-refractivity contribution in [1.82, 2.24) is 0 Å². The number of unbranched alkanes of at least 4 members (excludes halogenated alkanes) is 4. The monoisotopic (exact) mass is 851 g/mol. The molecule has 1 fully saturated rings. The van der Waals surface area contributed by atoms with Crippen LogP contribution < -0.4 is 4.74 Å². The van der Waals surface area contributed by atoms with E-state index in [1.807, 2.05) is 0 Å². The van der Waals surface area contributed by atoms with Gasteiger partial charge in [0.25, 0.3) is 0 Å². The normalized spacial score (nSPS) is 15.3. The van der Waals surface area contributed by atoms with Gasteiger partial charge in [0.05, 0.1) is 33.0 Å². The fraction of sp³-hybridized carbons (Fsp3) is 0.564. The Hall–Kier alpha value is -4.20. The predicted molar refractivity (Wildman–Crippen MR) is 255 cm³/mol. The van der Waals surface area contributed by atoms with Crippen LogP contribution in [0.1, 0.15) is 159 Å². The highest BCUT2D eigenvalue weighted by Crippen LogP contribution is 2.40. The van der Waals surface area contributed by atoms with Gasteiger partial charge in [-0.1, -0.05) is 121 Å². The van der Waals surface area contributed by atoms with Gasteiger partial charge in [-0.05, 0) is 153 Å². The Morgan fingerprint density at radius 3 is 1.73 bits per heavy atom. The summed E-state index contributed by atoms with van der Waals surface area (Å²) in [7, 11) is 0. The molecule has 0 unspecified atom stereocenters. The minimum absolute atomic E-state index is 0.114. The van der Waals surface area contributed by atoms with Gasteiger partial charge in [0.1, 0.15) is 5.75 Å². The van der Waals surface area contributed by atoms with Crippen LogP contribution in [0.25, 0.3) is 22.3 Å². The van der Waals surface area contributed by atoms with E-state index in [-0.39, 0.29) is 26.4 Å². The molecule has 1 saturated carbocycles. The molecule has 0 aromatic heterocycles. The van der Waals surface area contributed by atoms with Crippen molar-refractivity contribution in [1.29, 1.82) is 0 Å². The van der Waals surface area contributed by atoms with Gasteiger partial charge in [-0.25, -0.2) is 9.59 Å². The smallest absolute Gasteiger partial charge is 0.333 e. The van der Waals surface area contributed by atoms with Gasteiger partial charge >= 0.3 is 11.9 Å².